The summed E-state index contributed by atoms with van der Waals surface area (Å²) in [6.07, 6.45) is 0.976. The number of hydrogen-bond donors (Lipinski definition) is 1. The largest absolute Gasteiger partial charge is 0.469 e. The molecule has 4 rings (SSSR count). The normalized spacial score (nSPS) is 50.2. The van der Waals surface area contributed by atoms with E-state index in [9.17, 15) is 19.1 Å². The molecule has 0 aliphatic heterocycles. The second-order valence-corrected chi connectivity index (χ2v) is 11.5. The minimum Gasteiger partial charge on any atom is -0.469 e. The monoisotopic (exact) mass is 440 g/mol. The highest BCUT2D eigenvalue weighted by atomic mass is 19.1. The van der Waals surface area contributed by atoms with Crippen molar-refractivity contribution in [2.24, 2.45) is 46.3 Å². The molecular weight excluding hydrogens is 402 g/mol. The van der Waals surface area contributed by atoms with Crippen LogP contribution in [0.15, 0.2) is 0 Å². The van der Waals surface area contributed by atoms with Crippen molar-refractivity contribution in [1.29, 1.82) is 0 Å². The molecule has 0 heterocycles. The Morgan fingerprint density at radius 3 is 2.55 bits per heavy atom. The lowest BCUT2D eigenvalue weighted by molar-refractivity contribution is -0.182. The van der Waals surface area contributed by atoms with E-state index in [1.807, 2.05) is 6.92 Å². The van der Waals surface area contributed by atoms with Crippen LogP contribution in [0.3, 0.4) is 0 Å². The summed E-state index contributed by atoms with van der Waals surface area (Å²) in [5, 5.41) is 10.0. The third-order valence-corrected chi connectivity index (χ3v) is 10.3. The molecule has 0 aromatic carbocycles. The molecule has 4 aliphatic rings. The van der Waals surface area contributed by atoms with E-state index in [0.717, 1.165) is 32.1 Å². The first-order chi connectivity index (χ1) is 14.5. The Morgan fingerprint density at radius 2 is 1.87 bits per heavy atom. The number of methoxy groups -OCH3 is 1. The molecule has 176 valence electrons. The molecule has 6 heteroatoms. The Balaban J connectivity index is 1.59. The van der Waals surface area contributed by atoms with Gasteiger partial charge in [0.15, 0.2) is 12.0 Å². The summed E-state index contributed by atoms with van der Waals surface area (Å²) in [5.41, 5.74) is -0.632. The molecule has 0 bridgehead atoms. The molecule has 0 radical (unpaired) electrons. The van der Waals surface area contributed by atoms with Crippen LogP contribution >= 0.6 is 0 Å². The van der Waals surface area contributed by atoms with Gasteiger partial charge in [0.1, 0.15) is 6.17 Å². The van der Waals surface area contributed by atoms with Crippen molar-refractivity contribution in [3.63, 3.8) is 0 Å². The van der Waals surface area contributed by atoms with Crippen LogP contribution in [0.5, 0.6) is 0 Å². The van der Waals surface area contributed by atoms with Gasteiger partial charge in [-0.15, -0.1) is 0 Å². The van der Waals surface area contributed by atoms with Crippen LogP contribution in [0, 0.1) is 46.3 Å². The molecule has 4 saturated carbocycles. The Hall–Kier alpha value is -1.04. The maximum atomic E-state index is 15.7. The fourth-order valence-electron chi connectivity index (χ4n) is 8.59. The van der Waals surface area contributed by atoms with E-state index in [-0.39, 0.29) is 42.0 Å². The van der Waals surface area contributed by atoms with Crippen LogP contribution in [0.2, 0.25) is 0 Å². The van der Waals surface area contributed by atoms with Crippen molar-refractivity contribution < 1.29 is 28.2 Å². The quantitative estimate of drug-likeness (QED) is 0.645. The van der Waals surface area contributed by atoms with Gasteiger partial charge < -0.3 is 9.84 Å². The van der Waals surface area contributed by atoms with Gasteiger partial charge in [0.05, 0.1) is 13.2 Å². The van der Waals surface area contributed by atoms with Crippen molar-refractivity contribution in [2.75, 3.05) is 7.11 Å². The molecule has 4 nitrogen and oxygen atoms in total. The van der Waals surface area contributed by atoms with Gasteiger partial charge in [-0.3, -0.25) is 9.59 Å². The van der Waals surface area contributed by atoms with Gasteiger partial charge >= 0.3 is 5.97 Å². The molecule has 31 heavy (non-hydrogen) atoms. The number of aliphatic hydroxyl groups excluding tert-OH is 1. The molecule has 11 atom stereocenters. The fourth-order valence-corrected chi connectivity index (χ4v) is 8.59. The third kappa shape index (κ3) is 3.46. The Bertz CT molecular complexity index is 728. The average Bonchev–Trinajstić information content (AvgIpc) is 3.09. The number of alkyl halides is 2. The lowest BCUT2D eigenvalue weighted by Gasteiger charge is -2.61. The molecule has 4 fully saturated rings. The van der Waals surface area contributed by atoms with Gasteiger partial charge in [-0.05, 0) is 79.4 Å². The maximum absolute atomic E-state index is 15.7. The first-order valence-electron chi connectivity index (χ1n) is 12.1. The number of carbonyl (C=O) groups is 2. The second-order valence-electron chi connectivity index (χ2n) is 11.5. The topological polar surface area (TPSA) is 63.6 Å². The summed E-state index contributed by atoms with van der Waals surface area (Å²) in [6.45, 7) is 6.42. The molecular formula is C25H38F2O4. The predicted molar refractivity (Wildman–Crippen MR) is 113 cm³/mol. The highest BCUT2D eigenvalue weighted by Crippen LogP contribution is 2.68. The Labute approximate surface area is 184 Å². The number of halogens is 2. The number of hydrogen-bond acceptors (Lipinski definition) is 4. The highest BCUT2D eigenvalue weighted by molar-refractivity contribution is 5.87. The zero-order chi connectivity index (χ0) is 22.7. The van der Waals surface area contributed by atoms with Gasteiger partial charge in [0.2, 0.25) is 0 Å². The van der Waals surface area contributed by atoms with Crippen LogP contribution in [0.4, 0.5) is 8.78 Å². The van der Waals surface area contributed by atoms with E-state index in [1.54, 1.807) is 0 Å². The standard InChI is InChI=1S/C25H38F2O4/c1-13(5-8-20(29)31-4)14-6-7-15-21-16(9-10-24(14,15)2)25(3)12-18(26)19(28)11-17(25)23(30)22(21)27/h13-19,21-22,28H,5-12H2,1-4H3/t13-,14-,15+,16+,17-,18+,19+,21+,22+,24-,25-/m1/s1. The molecule has 0 amide bonds. The van der Waals surface area contributed by atoms with Crippen molar-refractivity contribution >= 4 is 11.8 Å². The zero-order valence-electron chi connectivity index (χ0n) is 19.3. The van der Waals surface area contributed by atoms with Gasteiger partial charge in [-0.25, -0.2) is 8.78 Å². The maximum Gasteiger partial charge on any atom is 0.305 e. The number of esters is 1. The van der Waals surface area contributed by atoms with E-state index in [4.69, 9.17) is 4.74 Å². The van der Waals surface area contributed by atoms with Crippen LogP contribution in [0.25, 0.3) is 0 Å². The van der Waals surface area contributed by atoms with E-state index >= 15 is 4.39 Å². The van der Waals surface area contributed by atoms with E-state index in [0.29, 0.717) is 18.3 Å². The van der Waals surface area contributed by atoms with Crippen molar-refractivity contribution in [3.8, 4) is 0 Å². The minimum atomic E-state index is -1.51. The van der Waals surface area contributed by atoms with Gasteiger partial charge in [0.25, 0.3) is 0 Å². The number of carbonyl (C=O) groups excluding carboxylic acids is 2. The lowest BCUT2D eigenvalue weighted by Crippen LogP contribution is -2.63. The van der Waals surface area contributed by atoms with Gasteiger partial charge in [-0.1, -0.05) is 20.8 Å². The summed E-state index contributed by atoms with van der Waals surface area (Å²) >= 11 is 0. The summed E-state index contributed by atoms with van der Waals surface area (Å²) in [5.74, 6) is -0.725. The molecule has 0 unspecified atom stereocenters. The second kappa shape index (κ2) is 8.07. The molecule has 0 aromatic rings. The summed E-state index contributed by atoms with van der Waals surface area (Å²) in [7, 11) is 1.41. The summed E-state index contributed by atoms with van der Waals surface area (Å²) in [6, 6.07) is 0. The summed E-state index contributed by atoms with van der Waals surface area (Å²) < 4.78 is 35.1. The molecule has 0 aromatic heterocycles. The first kappa shape index (κ1) is 23.1. The number of aliphatic hydroxyl groups is 1. The first-order valence-corrected chi connectivity index (χ1v) is 12.1. The number of ketones is 1. The van der Waals surface area contributed by atoms with Crippen molar-refractivity contribution in [3.05, 3.63) is 0 Å². The van der Waals surface area contributed by atoms with Crippen LogP contribution in [-0.4, -0.2) is 42.4 Å². The lowest BCUT2D eigenvalue weighted by atomic mass is 9.43. The predicted octanol–water partition coefficient (Wildman–Crippen LogP) is 4.67. The van der Waals surface area contributed by atoms with E-state index in [1.165, 1.54) is 7.11 Å². The molecule has 0 saturated heterocycles. The summed E-state index contributed by atoms with van der Waals surface area (Å²) in [4.78, 5) is 24.8. The highest BCUT2D eigenvalue weighted by Gasteiger charge is 2.66. The Kier molecular flexibility index (Phi) is 6.02. The van der Waals surface area contributed by atoms with Gasteiger partial charge in [-0.2, -0.15) is 0 Å². The fraction of sp³-hybridized carbons (Fsp3) is 0.920. The number of rotatable bonds is 4. The minimum absolute atomic E-state index is 0.0156. The van der Waals surface area contributed by atoms with E-state index < -0.39 is 35.6 Å². The smallest absolute Gasteiger partial charge is 0.305 e. The van der Waals surface area contributed by atoms with Crippen LogP contribution < -0.4 is 0 Å². The van der Waals surface area contributed by atoms with Gasteiger partial charge in [0, 0.05) is 18.3 Å². The average molecular weight is 441 g/mol. The Morgan fingerprint density at radius 1 is 1.19 bits per heavy atom. The SMILES string of the molecule is COC(=O)CC[C@@H](C)[C@H]1CC[C@H]2[C@@H]3[C@H](F)C(=O)[C@H]4C[C@H](O)[C@@H](F)C[C@]4(C)[C@H]3CC[C@]12C. The molecule has 1 N–H and O–H groups in total. The molecule has 4 aliphatic carbocycles. The van der Waals surface area contributed by atoms with Crippen LogP contribution in [-0.2, 0) is 14.3 Å². The zero-order valence-corrected chi connectivity index (χ0v) is 19.3. The van der Waals surface area contributed by atoms with Crippen LogP contribution in [0.1, 0.15) is 72.1 Å². The number of Topliss-reactive ketones (excluding diaryl/α,β-unsaturated/α-hetero) is 1. The van der Waals surface area contributed by atoms with Crippen molar-refractivity contribution in [1.82, 2.24) is 0 Å². The van der Waals surface area contributed by atoms with E-state index in [2.05, 4.69) is 13.8 Å². The third-order valence-electron chi connectivity index (χ3n) is 10.3. The molecule has 0 spiro atoms. The number of fused-ring (bicyclic) bond motifs is 5. The van der Waals surface area contributed by atoms with Crippen molar-refractivity contribution in [2.45, 2.75) is 90.6 Å². The number of ether oxygens (including phenoxy) is 1.